The highest BCUT2D eigenvalue weighted by Crippen LogP contribution is 2.25. The van der Waals surface area contributed by atoms with Crippen LogP contribution in [0.3, 0.4) is 0 Å². The van der Waals surface area contributed by atoms with E-state index in [9.17, 15) is 4.79 Å². The lowest BCUT2D eigenvalue weighted by Crippen LogP contribution is -2.45. The molecule has 0 aliphatic carbocycles. The van der Waals surface area contributed by atoms with Crippen molar-refractivity contribution in [3.05, 3.63) is 11.1 Å². The maximum absolute atomic E-state index is 10.5. The predicted octanol–water partition coefficient (Wildman–Crippen LogP) is 1.78. The van der Waals surface area contributed by atoms with Crippen LogP contribution in [0.25, 0.3) is 0 Å². The molecule has 0 radical (unpaired) electrons. The van der Waals surface area contributed by atoms with Crippen molar-refractivity contribution in [2.24, 2.45) is 0 Å². The first-order valence-corrected chi connectivity index (χ1v) is 7.09. The van der Waals surface area contributed by atoms with Gasteiger partial charge in [0.1, 0.15) is 0 Å². The van der Waals surface area contributed by atoms with Crippen LogP contribution >= 0.6 is 11.3 Å². The van der Waals surface area contributed by atoms with E-state index < -0.39 is 5.97 Å². The topological polar surface area (TPSA) is 62.7 Å². The van der Waals surface area contributed by atoms with E-state index in [0.717, 1.165) is 37.0 Å². The number of ether oxygens (including phenoxy) is 1. The minimum absolute atomic E-state index is 0.142. The lowest BCUT2D eigenvalue weighted by Gasteiger charge is -2.34. The standard InChI is InChI=1S/C12H18N2O3S/c1-2-10-7-17-6-5-14(10)12-13-9(8-18-12)3-4-11(15)16/h8,10H,2-7H2,1H3,(H,15,16). The largest absolute Gasteiger partial charge is 0.481 e. The number of aliphatic carboxylic acids is 1. The molecule has 5 nitrogen and oxygen atoms in total. The van der Waals surface area contributed by atoms with Gasteiger partial charge in [-0.15, -0.1) is 11.3 Å². The molecule has 1 saturated heterocycles. The summed E-state index contributed by atoms with van der Waals surface area (Å²) in [4.78, 5) is 17.3. The smallest absolute Gasteiger partial charge is 0.303 e. The Morgan fingerprint density at radius 3 is 3.28 bits per heavy atom. The Kier molecular flexibility index (Phi) is 4.54. The van der Waals surface area contributed by atoms with Gasteiger partial charge in [0.05, 0.1) is 31.4 Å². The Balaban J connectivity index is 2.01. The Labute approximate surface area is 110 Å². The van der Waals surface area contributed by atoms with Crippen LogP contribution in [0.5, 0.6) is 0 Å². The lowest BCUT2D eigenvalue weighted by molar-refractivity contribution is -0.136. The van der Waals surface area contributed by atoms with E-state index in [-0.39, 0.29) is 6.42 Å². The number of hydrogen-bond acceptors (Lipinski definition) is 5. The monoisotopic (exact) mass is 270 g/mol. The zero-order chi connectivity index (χ0) is 13.0. The molecule has 2 rings (SSSR count). The second-order valence-electron chi connectivity index (χ2n) is 4.35. The summed E-state index contributed by atoms with van der Waals surface area (Å²) in [5, 5.41) is 11.6. The zero-order valence-corrected chi connectivity index (χ0v) is 11.3. The Morgan fingerprint density at radius 2 is 2.56 bits per heavy atom. The third-order valence-electron chi connectivity index (χ3n) is 3.08. The van der Waals surface area contributed by atoms with Gasteiger partial charge in [-0.05, 0) is 6.42 Å². The number of hydrogen-bond donors (Lipinski definition) is 1. The van der Waals surface area contributed by atoms with Crippen molar-refractivity contribution in [3.8, 4) is 0 Å². The van der Waals surface area contributed by atoms with Crippen molar-refractivity contribution in [2.45, 2.75) is 32.2 Å². The highest BCUT2D eigenvalue weighted by Gasteiger charge is 2.23. The molecule has 6 heteroatoms. The quantitative estimate of drug-likeness (QED) is 0.883. The molecule has 0 aromatic carbocycles. The number of thiazole rings is 1. The van der Waals surface area contributed by atoms with Gasteiger partial charge in [-0.3, -0.25) is 4.79 Å². The number of carboxylic acid groups (broad SMARTS) is 1. The van der Waals surface area contributed by atoms with Gasteiger partial charge in [-0.25, -0.2) is 4.98 Å². The molecule has 1 fully saturated rings. The highest BCUT2D eigenvalue weighted by molar-refractivity contribution is 7.13. The van der Waals surface area contributed by atoms with E-state index in [1.54, 1.807) is 11.3 Å². The summed E-state index contributed by atoms with van der Waals surface area (Å²) < 4.78 is 5.47. The average Bonchev–Trinajstić information content (AvgIpc) is 2.85. The van der Waals surface area contributed by atoms with Crippen molar-refractivity contribution < 1.29 is 14.6 Å². The molecule has 1 aliphatic heterocycles. The first-order valence-electron chi connectivity index (χ1n) is 6.21. The van der Waals surface area contributed by atoms with Gasteiger partial charge < -0.3 is 14.7 Å². The Hall–Kier alpha value is -1.14. The summed E-state index contributed by atoms with van der Waals surface area (Å²) in [5.74, 6) is -0.776. The van der Waals surface area contributed by atoms with E-state index in [1.807, 2.05) is 5.38 Å². The van der Waals surface area contributed by atoms with Gasteiger partial charge in [0, 0.05) is 18.3 Å². The molecule has 2 heterocycles. The number of aromatic nitrogens is 1. The summed E-state index contributed by atoms with van der Waals surface area (Å²) in [6, 6.07) is 0.386. The Bertz CT molecular complexity index is 408. The Morgan fingerprint density at radius 1 is 1.72 bits per heavy atom. The van der Waals surface area contributed by atoms with E-state index in [4.69, 9.17) is 9.84 Å². The minimum Gasteiger partial charge on any atom is -0.481 e. The fraction of sp³-hybridized carbons (Fsp3) is 0.667. The van der Waals surface area contributed by atoms with Crippen molar-refractivity contribution in [1.29, 1.82) is 0 Å². The molecule has 18 heavy (non-hydrogen) atoms. The highest BCUT2D eigenvalue weighted by atomic mass is 32.1. The maximum atomic E-state index is 10.5. The maximum Gasteiger partial charge on any atom is 0.303 e. The van der Waals surface area contributed by atoms with Crippen molar-refractivity contribution in [3.63, 3.8) is 0 Å². The third-order valence-corrected chi connectivity index (χ3v) is 4.01. The number of rotatable bonds is 5. The molecule has 0 bridgehead atoms. The predicted molar refractivity (Wildman–Crippen MR) is 70.3 cm³/mol. The van der Waals surface area contributed by atoms with Crippen LogP contribution in [-0.2, 0) is 16.0 Å². The van der Waals surface area contributed by atoms with Gasteiger partial charge in [-0.2, -0.15) is 0 Å². The molecule has 0 amide bonds. The molecule has 1 atom stereocenters. The second-order valence-corrected chi connectivity index (χ2v) is 5.18. The van der Waals surface area contributed by atoms with Crippen LogP contribution in [0, 0.1) is 0 Å². The number of carbonyl (C=O) groups is 1. The van der Waals surface area contributed by atoms with Crippen LogP contribution in [0.2, 0.25) is 0 Å². The normalized spacial score (nSPS) is 20.1. The second kappa shape index (κ2) is 6.15. The lowest BCUT2D eigenvalue weighted by atomic mass is 10.2. The van der Waals surface area contributed by atoms with Crippen LogP contribution < -0.4 is 4.90 Å². The van der Waals surface area contributed by atoms with Crippen LogP contribution in [-0.4, -0.2) is 41.9 Å². The van der Waals surface area contributed by atoms with Crippen molar-refractivity contribution in [1.82, 2.24) is 4.98 Å². The fourth-order valence-corrected chi connectivity index (χ4v) is 2.98. The molecule has 1 aromatic rings. The summed E-state index contributed by atoms with van der Waals surface area (Å²) in [6.07, 6.45) is 1.68. The summed E-state index contributed by atoms with van der Waals surface area (Å²) in [6.45, 7) is 4.50. The van der Waals surface area contributed by atoms with Gasteiger partial charge in [0.15, 0.2) is 5.13 Å². The van der Waals surface area contributed by atoms with Crippen LogP contribution in [0.1, 0.15) is 25.5 Å². The number of morpholine rings is 1. The molecule has 0 spiro atoms. The van der Waals surface area contributed by atoms with Gasteiger partial charge >= 0.3 is 5.97 Å². The summed E-state index contributed by atoms with van der Waals surface area (Å²) in [7, 11) is 0. The molecule has 1 aliphatic rings. The third kappa shape index (κ3) is 3.20. The molecule has 1 aromatic heterocycles. The fourth-order valence-electron chi connectivity index (χ4n) is 2.02. The number of nitrogens with zero attached hydrogens (tertiary/aromatic N) is 2. The number of anilines is 1. The van der Waals surface area contributed by atoms with Gasteiger partial charge in [-0.1, -0.05) is 6.92 Å². The van der Waals surface area contributed by atoms with Crippen molar-refractivity contribution in [2.75, 3.05) is 24.7 Å². The molecule has 0 saturated carbocycles. The average molecular weight is 270 g/mol. The van der Waals surface area contributed by atoms with Gasteiger partial charge in [0.2, 0.25) is 0 Å². The van der Waals surface area contributed by atoms with Gasteiger partial charge in [0.25, 0.3) is 0 Å². The van der Waals surface area contributed by atoms with E-state index in [2.05, 4.69) is 16.8 Å². The van der Waals surface area contributed by atoms with E-state index in [0.29, 0.717) is 12.5 Å². The van der Waals surface area contributed by atoms with Crippen LogP contribution in [0.15, 0.2) is 5.38 Å². The summed E-state index contributed by atoms with van der Waals surface area (Å²) in [5.41, 5.74) is 0.874. The molecular formula is C12H18N2O3S. The molecule has 1 N–H and O–H groups in total. The molecule has 1 unspecified atom stereocenters. The first kappa shape index (κ1) is 13.3. The molecule has 100 valence electrons. The SMILES string of the molecule is CCC1COCCN1c1nc(CCC(=O)O)cs1. The van der Waals surface area contributed by atoms with E-state index >= 15 is 0 Å². The van der Waals surface area contributed by atoms with Crippen LogP contribution in [0.4, 0.5) is 5.13 Å². The molecular weight excluding hydrogens is 252 g/mol. The van der Waals surface area contributed by atoms with E-state index in [1.165, 1.54) is 0 Å². The minimum atomic E-state index is -0.776. The number of carboxylic acids is 1. The summed E-state index contributed by atoms with van der Waals surface area (Å²) >= 11 is 1.59. The van der Waals surface area contributed by atoms with Crippen molar-refractivity contribution >= 4 is 22.4 Å². The number of aryl methyl sites for hydroxylation is 1. The zero-order valence-electron chi connectivity index (χ0n) is 10.5. The first-order chi connectivity index (χ1) is 8.70.